The Kier molecular flexibility index (Phi) is 6.93. The number of ether oxygens (including phenoxy) is 2. The molecule has 0 saturated carbocycles. The quantitative estimate of drug-likeness (QED) is 0.619. The van der Waals surface area contributed by atoms with Gasteiger partial charge in [0.05, 0.1) is 0 Å². The molecule has 1 aromatic rings. The fraction of sp³-hybridized carbons (Fsp3) is 0.462. The summed E-state index contributed by atoms with van der Waals surface area (Å²) in [5.74, 6) is -0.367. The van der Waals surface area contributed by atoms with Crippen LogP contribution in [0, 0.1) is 0 Å². The predicted molar refractivity (Wildman–Crippen MR) is 73.0 cm³/mol. The van der Waals surface area contributed by atoms with E-state index in [0.29, 0.717) is 13.0 Å². The van der Waals surface area contributed by atoms with Crippen molar-refractivity contribution in [1.29, 1.82) is 0 Å². The van der Waals surface area contributed by atoms with E-state index in [2.05, 4.69) is 15.9 Å². The first-order chi connectivity index (χ1) is 8.63. The van der Waals surface area contributed by atoms with Gasteiger partial charge in [0, 0.05) is 18.2 Å². The van der Waals surface area contributed by atoms with Crippen molar-refractivity contribution in [2.45, 2.75) is 25.5 Å². The van der Waals surface area contributed by atoms with E-state index < -0.39 is 6.04 Å². The van der Waals surface area contributed by atoms with Gasteiger partial charge >= 0.3 is 5.97 Å². The standard InChI is InChI=1S/C13H18BrNO3/c1-17-8-2-3-12(15)13(16)18-9-10-4-6-11(14)7-5-10/h4-7,12H,2-3,8-9,15H2,1H3. The lowest BCUT2D eigenvalue weighted by Gasteiger charge is -2.11. The molecule has 100 valence electrons. The zero-order valence-corrected chi connectivity index (χ0v) is 12.0. The van der Waals surface area contributed by atoms with Gasteiger partial charge in [-0.2, -0.15) is 0 Å². The molecule has 0 amide bonds. The number of hydrogen-bond donors (Lipinski definition) is 1. The molecule has 1 unspecified atom stereocenters. The smallest absolute Gasteiger partial charge is 0.323 e. The van der Waals surface area contributed by atoms with Crippen molar-refractivity contribution < 1.29 is 14.3 Å². The molecule has 0 bridgehead atoms. The number of halogens is 1. The van der Waals surface area contributed by atoms with E-state index in [1.54, 1.807) is 7.11 Å². The molecule has 5 heteroatoms. The van der Waals surface area contributed by atoms with Crippen LogP contribution in [-0.2, 0) is 20.9 Å². The van der Waals surface area contributed by atoms with Gasteiger partial charge in [-0.1, -0.05) is 28.1 Å². The zero-order valence-electron chi connectivity index (χ0n) is 10.4. The van der Waals surface area contributed by atoms with Gasteiger partial charge in [-0.25, -0.2) is 0 Å². The largest absolute Gasteiger partial charge is 0.460 e. The predicted octanol–water partition coefficient (Wildman–Crippen LogP) is 2.25. The minimum atomic E-state index is -0.574. The Morgan fingerprint density at radius 1 is 1.39 bits per heavy atom. The molecule has 1 atom stereocenters. The molecule has 0 spiro atoms. The second-order valence-corrected chi connectivity index (χ2v) is 4.89. The lowest BCUT2D eigenvalue weighted by atomic mass is 10.2. The Morgan fingerprint density at radius 2 is 2.06 bits per heavy atom. The van der Waals surface area contributed by atoms with E-state index in [1.165, 1.54) is 0 Å². The normalized spacial score (nSPS) is 12.2. The maximum atomic E-state index is 11.6. The van der Waals surface area contributed by atoms with E-state index >= 15 is 0 Å². The van der Waals surface area contributed by atoms with Gasteiger partial charge in [-0.15, -0.1) is 0 Å². The number of carbonyl (C=O) groups excluding carboxylic acids is 1. The third-order valence-corrected chi connectivity index (χ3v) is 2.99. The second kappa shape index (κ2) is 8.24. The number of rotatable bonds is 7. The summed E-state index contributed by atoms with van der Waals surface area (Å²) in [6.45, 7) is 0.859. The Labute approximate surface area is 116 Å². The van der Waals surface area contributed by atoms with Crippen LogP contribution in [0.15, 0.2) is 28.7 Å². The summed E-state index contributed by atoms with van der Waals surface area (Å²) in [4.78, 5) is 11.6. The van der Waals surface area contributed by atoms with Crippen LogP contribution in [0.5, 0.6) is 0 Å². The lowest BCUT2D eigenvalue weighted by Crippen LogP contribution is -2.32. The van der Waals surface area contributed by atoms with Crippen molar-refractivity contribution in [2.24, 2.45) is 5.73 Å². The molecule has 4 nitrogen and oxygen atoms in total. The van der Waals surface area contributed by atoms with Crippen LogP contribution in [-0.4, -0.2) is 25.7 Å². The Balaban J connectivity index is 2.29. The van der Waals surface area contributed by atoms with Gasteiger partial charge in [0.25, 0.3) is 0 Å². The van der Waals surface area contributed by atoms with Gasteiger partial charge < -0.3 is 15.2 Å². The minimum Gasteiger partial charge on any atom is -0.460 e. The molecular formula is C13H18BrNO3. The minimum absolute atomic E-state index is 0.254. The summed E-state index contributed by atoms with van der Waals surface area (Å²) in [6, 6.07) is 7.03. The highest BCUT2D eigenvalue weighted by Gasteiger charge is 2.14. The van der Waals surface area contributed by atoms with Crippen LogP contribution in [0.3, 0.4) is 0 Å². The summed E-state index contributed by atoms with van der Waals surface area (Å²) in [5.41, 5.74) is 6.65. The topological polar surface area (TPSA) is 61.5 Å². The monoisotopic (exact) mass is 315 g/mol. The molecule has 0 fully saturated rings. The molecule has 0 aliphatic heterocycles. The molecule has 1 rings (SSSR count). The van der Waals surface area contributed by atoms with Crippen LogP contribution in [0.4, 0.5) is 0 Å². The fourth-order valence-electron chi connectivity index (χ4n) is 1.41. The third kappa shape index (κ3) is 5.62. The van der Waals surface area contributed by atoms with Crippen LogP contribution >= 0.6 is 15.9 Å². The van der Waals surface area contributed by atoms with Gasteiger partial charge in [-0.05, 0) is 30.5 Å². The summed E-state index contributed by atoms with van der Waals surface area (Å²) < 4.78 is 11.0. The SMILES string of the molecule is COCCCC(N)C(=O)OCc1ccc(Br)cc1. The van der Waals surface area contributed by atoms with Crippen molar-refractivity contribution in [2.75, 3.05) is 13.7 Å². The lowest BCUT2D eigenvalue weighted by molar-refractivity contribution is -0.146. The number of carbonyl (C=O) groups is 1. The first kappa shape index (κ1) is 15.1. The molecule has 0 aromatic heterocycles. The summed E-state index contributed by atoms with van der Waals surface area (Å²) in [5, 5.41) is 0. The van der Waals surface area contributed by atoms with E-state index in [9.17, 15) is 4.79 Å². The van der Waals surface area contributed by atoms with Gasteiger partial charge in [0.15, 0.2) is 0 Å². The maximum Gasteiger partial charge on any atom is 0.323 e. The molecule has 0 radical (unpaired) electrons. The number of methoxy groups -OCH3 is 1. The van der Waals surface area contributed by atoms with Crippen LogP contribution in [0.2, 0.25) is 0 Å². The number of hydrogen-bond acceptors (Lipinski definition) is 4. The summed E-state index contributed by atoms with van der Waals surface area (Å²) in [7, 11) is 1.62. The first-order valence-electron chi connectivity index (χ1n) is 5.79. The van der Waals surface area contributed by atoms with Crippen LogP contribution < -0.4 is 5.73 Å². The van der Waals surface area contributed by atoms with E-state index in [-0.39, 0.29) is 12.6 Å². The molecule has 2 N–H and O–H groups in total. The zero-order chi connectivity index (χ0) is 13.4. The van der Waals surface area contributed by atoms with Crippen molar-refractivity contribution >= 4 is 21.9 Å². The van der Waals surface area contributed by atoms with Crippen molar-refractivity contribution in [1.82, 2.24) is 0 Å². The molecule has 0 heterocycles. The van der Waals surface area contributed by atoms with Crippen LogP contribution in [0.25, 0.3) is 0 Å². The fourth-order valence-corrected chi connectivity index (χ4v) is 1.67. The number of benzene rings is 1. The molecule has 0 saturated heterocycles. The highest BCUT2D eigenvalue weighted by Crippen LogP contribution is 2.11. The average molecular weight is 316 g/mol. The molecular weight excluding hydrogens is 298 g/mol. The van der Waals surface area contributed by atoms with E-state index in [1.807, 2.05) is 24.3 Å². The van der Waals surface area contributed by atoms with Gasteiger partial charge in [0.1, 0.15) is 12.6 Å². The van der Waals surface area contributed by atoms with Crippen LogP contribution in [0.1, 0.15) is 18.4 Å². The van der Waals surface area contributed by atoms with Crippen molar-refractivity contribution in [3.8, 4) is 0 Å². The van der Waals surface area contributed by atoms with E-state index in [0.717, 1.165) is 16.5 Å². The first-order valence-corrected chi connectivity index (χ1v) is 6.58. The summed E-state index contributed by atoms with van der Waals surface area (Å²) >= 11 is 3.34. The number of esters is 1. The maximum absolute atomic E-state index is 11.6. The highest BCUT2D eigenvalue weighted by atomic mass is 79.9. The Hall–Kier alpha value is -0.910. The Bertz CT molecular complexity index is 367. The average Bonchev–Trinajstić information content (AvgIpc) is 2.38. The number of nitrogens with two attached hydrogens (primary N) is 1. The highest BCUT2D eigenvalue weighted by molar-refractivity contribution is 9.10. The molecule has 1 aromatic carbocycles. The van der Waals surface area contributed by atoms with E-state index in [4.69, 9.17) is 15.2 Å². The molecule has 0 aliphatic rings. The van der Waals surface area contributed by atoms with Crippen molar-refractivity contribution in [3.63, 3.8) is 0 Å². The molecule has 0 aliphatic carbocycles. The van der Waals surface area contributed by atoms with Crippen molar-refractivity contribution in [3.05, 3.63) is 34.3 Å². The Morgan fingerprint density at radius 3 is 2.67 bits per heavy atom. The summed E-state index contributed by atoms with van der Waals surface area (Å²) in [6.07, 6.45) is 1.33. The second-order valence-electron chi connectivity index (χ2n) is 3.98. The third-order valence-electron chi connectivity index (χ3n) is 2.46. The molecule has 18 heavy (non-hydrogen) atoms. The van der Waals surface area contributed by atoms with Gasteiger partial charge in [-0.3, -0.25) is 4.79 Å². The van der Waals surface area contributed by atoms with Gasteiger partial charge in [0.2, 0.25) is 0 Å².